The molecule has 114 valence electrons. The minimum atomic E-state index is 0.0657. The van der Waals surface area contributed by atoms with Crippen molar-refractivity contribution in [1.29, 1.82) is 0 Å². The van der Waals surface area contributed by atoms with Crippen molar-refractivity contribution in [3.63, 3.8) is 0 Å². The van der Waals surface area contributed by atoms with E-state index in [1.165, 1.54) is 17.5 Å². The van der Waals surface area contributed by atoms with E-state index in [-0.39, 0.29) is 5.91 Å². The van der Waals surface area contributed by atoms with Crippen LogP contribution in [0.2, 0.25) is 0 Å². The molecule has 2 aromatic rings. The number of benzene rings is 2. The van der Waals surface area contributed by atoms with Crippen LogP contribution in [0.3, 0.4) is 0 Å². The third-order valence-corrected chi connectivity index (χ3v) is 5.83. The lowest BCUT2D eigenvalue weighted by molar-refractivity contribution is 0.0948. The lowest BCUT2D eigenvalue weighted by Gasteiger charge is -2.42. The van der Waals surface area contributed by atoms with Gasteiger partial charge in [0.25, 0.3) is 5.91 Å². The number of hydrogen-bond donors (Lipinski definition) is 1. The molecule has 1 amide bonds. The lowest BCUT2D eigenvalue weighted by atomic mass is 9.62. The highest BCUT2D eigenvalue weighted by atomic mass is 16.1. The number of allylic oxidation sites excluding steroid dienone is 2. The molecule has 0 heterocycles. The SMILES string of the molecule is O=C(NCc1ccccc1)c1cccc2c1C1C3C=CC(C3)C21. The van der Waals surface area contributed by atoms with Crippen molar-refractivity contribution in [3.05, 3.63) is 82.9 Å². The highest BCUT2D eigenvalue weighted by Crippen LogP contribution is 2.65. The zero-order valence-electron chi connectivity index (χ0n) is 12.9. The molecule has 0 aromatic heterocycles. The Kier molecular flexibility index (Phi) is 2.75. The summed E-state index contributed by atoms with van der Waals surface area (Å²) in [6.07, 6.45) is 6.03. The van der Waals surface area contributed by atoms with Gasteiger partial charge < -0.3 is 5.32 Å². The predicted octanol–water partition coefficient (Wildman–Crippen LogP) is 4.00. The van der Waals surface area contributed by atoms with E-state index in [0.29, 0.717) is 30.2 Å². The molecule has 4 unspecified atom stereocenters. The van der Waals surface area contributed by atoms with Crippen LogP contribution >= 0.6 is 0 Å². The number of carbonyl (C=O) groups is 1. The highest BCUT2D eigenvalue weighted by molar-refractivity contribution is 5.97. The molecule has 1 fully saturated rings. The molecule has 2 nitrogen and oxygen atoms in total. The maximum absolute atomic E-state index is 12.7. The molecule has 5 rings (SSSR count). The van der Waals surface area contributed by atoms with Crippen molar-refractivity contribution < 1.29 is 4.79 Å². The Morgan fingerprint density at radius 2 is 1.74 bits per heavy atom. The third-order valence-electron chi connectivity index (χ3n) is 5.83. The topological polar surface area (TPSA) is 29.1 Å². The van der Waals surface area contributed by atoms with Gasteiger partial charge in [-0.1, -0.05) is 54.6 Å². The quantitative estimate of drug-likeness (QED) is 0.853. The van der Waals surface area contributed by atoms with E-state index in [9.17, 15) is 4.79 Å². The van der Waals surface area contributed by atoms with Gasteiger partial charge in [0, 0.05) is 12.1 Å². The van der Waals surface area contributed by atoms with E-state index in [2.05, 4.69) is 23.5 Å². The molecule has 0 spiro atoms. The van der Waals surface area contributed by atoms with Crippen molar-refractivity contribution >= 4 is 5.91 Å². The Labute approximate surface area is 136 Å². The van der Waals surface area contributed by atoms with Crippen LogP contribution in [0.5, 0.6) is 0 Å². The van der Waals surface area contributed by atoms with Crippen LogP contribution in [0, 0.1) is 11.8 Å². The summed E-state index contributed by atoms with van der Waals surface area (Å²) < 4.78 is 0. The summed E-state index contributed by atoms with van der Waals surface area (Å²) in [4.78, 5) is 12.7. The van der Waals surface area contributed by atoms with Gasteiger partial charge in [0.1, 0.15) is 0 Å². The third kappa shape index (κ3) is 1.84. The largest absolute Gasteiger partial charge is 0.348 e. The number of nitrogens with one attached hydrogen (secondary N) is 1. The molecule has 0 aliphatic heterocycles. The van der Waals surface area contributed by atoms with Gasteiger partial charge in [-0.15, -0.1) is 0 Å². The van der Waals surface area contributed by atoms with E-state index >= 15 is 0 Å². The smallest absolute Gasteiger partial charge is 0.251 e. The van der Waals surface area contributed by atoms with Crippen molar-refractivity contribution in [2.45, 2.75) is 24.8 Å². The summed E-state index contributed by atoms with van der Waals surface area (Å²) in [5, 5.41) is 3.08. The predicted molar refractivity (Wildman–Crippen MR) is 90.3 cm³/mol. The molecule has 0 saturated heterocycles. The molecular weight excluding hydrogens is 282 g/mol. The molecule has 2 heteroatoms. The Bertz CT molecular complexity index is 808. The first-order valence-corrected chi connectivity index (χ1v) is 8.46. The van der Waals surface area contributed by atoms with Crippen LogP contribution in [0.4, 0.5) is 0 Å². The first kappa shape index (κ1) is 13.1. The van der Waals surface area contributed by atoms with Crippen molar-refractivity contribution in [1.82, 2.24) is 5.32 Å². The molecule has 2 bridgehead atoms. The molecule has 3 aliphatic carbocycles. The Morgan fingerprint density at radius 3 is 2.57 bits per heavy atom. The number of fused-ring (bicyclic) bond motifs is 8. The fourth-order valence-corrected chi connectivity index (χ4v) is 4.86. The second kappa shape index (κ2) is 4.82. The van der Waals surface area contributed by atoms with Crippen LogP contribution in [-0.4, -0.2) is 5.91 Å². The summed E-state index contributed by atoms with van der Waals surface area (Å²) in [7, 11) is 0. The average Bonchev–Trinajstić information content (AvgIpc) is 3.15. The van der Waals surface area contributed by atoms with Gasteiger partial charge in [-0.3, -0.25) is 4.79 Å². The van der Waals surface area contributed by atoms with Gasteiger partial charge in [-0.25, -0.2) is 0 Å². The Morgan fingerprint density at radius 1 is 0.957 bits per heavy atom. The van der Waals surface area contributed by atoms with Crippen molar-refractivity contribution in [2.75, 3.05) is 0 Å². The first-order chi connectivity index (χ1) is 11.3. The van der Waals surface area contributed by atoms with Crippen LogP contribution in [0.15, 0.2) is 60.7 Å². The lowest BCUT2D eigenvalue weighted by Crippen LogP contribution is -2.33. The zero-order chi connectivity index (χ0) is 15.4. The van der Waals surface area contributed by atoms with Crippen LogP contribution in [-0.2, 0) is 6.54 Å². The summed E-state index contributed by atoms with van der Waals surface area (Å²) in [6.45, 7) is 0.587. The van der Waals surface area contributed by atoms with Crippen LogP contribution in [0.25, 0.3) is 0 Å². The molecular formula is C21H19NO. The van der Waals surface area contributed by atoms with Gasteiger partial charge in [0.2, 0.25) is 0 Å². The molecule has 1 saturated carbocycles. The maximum Gasteiger partial charge on any atom is 0.251 e. The normalized spacial score (nSPS) is 28.9. The average molecular weight is 301 g/mol. The fraction of sp³-hybridized carbons (Fsp3) is 0.286. The molecule has 1 N–H and O–H groups in total. The molecule has 2 aromatic carbocycles. The molecule has 3 aliphatic rings. The van der Waals surface area contributed by atoms with Crippen LogP contribution in [0.1, 0.15) is 45.3 Å². The number of amides is 1. The number of carbonyl (C=O) groups excluding carboxylic acids is 1. The van der Waals surface area contributed by atoms with Gasteiger partial charge in [0.15, 0.2) is 0 Å². The maximum atomic E-state index is 12.7. The van der Waals surface area contributed by atoms with Crippen molar-refractivity contribution in [3.8, 4) is 0 Å². The molecule has 0 radical (unpaired) electrons. The van der Waals surface area contributed by atoms with E-state index in [4.69, 9.17) is 0 Å². The number of hydrogen-bond acceptors (Lipinski definition) is 1. The van der Waals surface area contributed by atoms with E-state index in [0.717, 1.165) is 11.1 Å². The van der Waals surface area contributed by atoms with E-state index in [1.54, 1.807) is 0 Å². The summed E-state index contributed by atoms with van der Waals surface area (Å²) in [6, 6.07) is 16.3. The molecule has 4 atom stereocenters. The van der Waals surface area contributed by atoms with E-state index < -0.39 is 0 Å². The number of rotatable bonds is 3. The molecule has 23 heavy (non-hydrogen) atoms. The zero-order valence-corrected chi connectivity index (χ0v) is 12.9. The minimum Gasteiger partial charge on any atom is -0.348 e. The van der Waals surface area contributed by atoms with Gasteiger partial charge >= 0.3 is 0 Å². The minimum absolute atomic E-state index is 0.0657. The summed E-state index contributed by atoms with van der Waals surface area (Å²) in [5.41, 5.74) is 4.76. The van der Waals surface area contributed by atoms with Gasteiger partial charge in [0.05, 0.1) is 0 Å². The Balaban J connectivity index is 1.41. The Hall–Kier alpha value is -2.35. The second-order valence-electron chi connectivity index (χ2n) is 6.98. The van der Waals surface area contributed by atoms with Crippen LogP contribution < -0.4 is 5.32 Å². The van der Waals surface area contributed by atoms with Crippen molar-refractivity contribution in [2.24, 2.45) is 11.8 Å². The first-order valence-electron chi connectivity index (χ1n) is 8.46. The van der Waals surface area contributed by atoms with Gasteiger partial charge in [-0.05, 0) is 52.8 Å². The second-order valence-corrected chi connectivity index (χ2v) is 6.98. The van der Waals surface area contributed by atoms with Gasteiger partial charge in [-0.2, -0.15) is 0 Å². The van der Waals surface area contributed by atoms with E-state index in [1.807, 2.05) is 42.5 Å². The highest BCUT2D eigenvalue weighted by Gasteiger charge is 2.54. The fourth-order valence-electron chi connectivity index (χ4n) is 4.86. The summed E-state index contributed by atoms with van der Waals surface area (Å²) >= 11 is 0. The summed E-state index contributed by atoms with van der Waals surface area (Å²) in [5.74, 6) is 2.68. The standard InChI is InChI=1S/C21H19NO/c23-21(22-12-13-5-2-1-3-6-13)17-8-4-7-16-18-14-9-10-15(11-14)19(18)20(16)17/h1-10,14-15,18-19H,11-12H2,(H,22,23). The monoisotopic (exact) mass is 301 g/mol.